The van der Waals surface area contributed by atoms with Gasteiger partial charge in [0.1, 0.15) is 66.0 Å². The van der Waals surface area contributed by atoms with Crippen molar-refractivity contribution >= 4 is 70.9 Å². The van der Waals surface area contributed by atoms with E-state index in [4.69, 9.17) is 0 Å². The van der Waals surface area contributed by atoms with E-state index in [1.807, 2.05) is 20.8 Å². The fourth-order valence-corrected chi connectivity index (χ4v) is 17.2. The van der Waals surface area contributed by atoms with Gasteiger partial charge in [-0.25, -0.2) is 0 Å². The smallest absolute Gasteiger partial charge is 0.343 e. The molecule has 0 bridgehead atoms. The van der Waals surface area contributed by atoms with Gasteiger partial charge in [0.2, 0.25) is 70.9 Å². The highest BCUT2D eigenvalue weighted by atomic mass is 19.4. The lowest BCUT2D eigenvalue weighted by Gasteiger charge is -2.45. The number of fused-ring (bicyclic) bond motifs is 2. The predicted octanol–water partition coefficient (Wildman–Crippen LogP) is 4.97. The van der Waals surface area contributed by atoms with Crippen LogP contribution in [0, 0.1) is 29.6 Å². The number of hydrogen-bond acceptors (Lipinski definition) is 13. The van der Waals surface area contributed by atoms with Gasteiger partial charge in [-0.1, -0.05) is 91.9 Å². The summed E-state index contributed by atoms with van der Waals surface area (Å²) in [7, 11) is 8.85. The Hall–Kier alpha value is -6.61. The van der Waals surface area contributed by atoms with Gasteiger partial charge < -0.3 is 65.4 Å². The first-order chi connectivity index (χ1) is 47.8. The van der Waals surface area contributed by atoms with Crippen molar-refractivity contribution in [3.63, 3.8) is 0 Å². The highest BCUT2D eigenvalue weighted by Crippen LogP contribution is 2.39. The largest absolute Gasteiger partial charge is 0.403 e. The van der Waals surface area contributed by atoms with E-state index >= 15 is 33.6 Å². The summed E-state index contributed by atoms with van der Waals surface area (Å²) in [6, 6.07) is -12.3. The van der Waals surface area contributed by atoms with Crippen LogP contribution >= 0.6 is 0 Å². The number of halogens is 3. The van der Waals surface area contributed by atoms with Crippen molar-refractivity contribution in [3.05, 3.63) is 0 Å². The third-order valence-corrected chi connectivity index (χ3v) is 24.1. The maximum absolute atomic E-state index is 15.7. The van der Waals surface area contributed by atoms with E-state index < -0.39 is 162 Å². The van der Waals surface area contributed by atoms with Crippen LogP contribution in [-0.4, -0.2) is 269 Å². The molecule has 12 atom stereocenters. The molecule has 28 heteroatoms. The molecule has 8 rings (SSSR count). The SMILES string of the molecule is CC[C@H](C)[C@@H]1NC(=O)[C@H](CC(C)C)N(C)C(=O)C[C@@H](C(=O)N2CCCCC2)N(C)C(=O)[C@H](C2CCCC2)N(C)C(=O)C2(CCCC2)NC(=O)[C@@H]2CCCN2C(=O)[C@H](CCC2CCC(C(F)(F)F)NC2)NC(=O)CN(C)C(=O)[C@H](CC2CCCCC2)N(C)C(=O)[C@@H]2CCN2C(=O)[C@H](C)N(C)C1=O. The van der Waals surface area contributed by atoms with Crippen LogP contribution in [0.2, 0.25) is 0 Å². The number of piperidine rings is 2. The lowest BCUT2D eigenvalue weighted by atomic mass is 9.84. The molecule has 568 valence electrons. The summed E-state index contributed by atoms with van der Waals surface area (Å²) in [5.41, 5.74) is -1.54. The number of carbonyl (C=O) groups is 12. The van der Waals surface area contributed by atoms with E-state index in [1.54, 1.807) is 11.8 Å². The maximum Gasteiger partial charge on any atom is 0.403 e. The van der Waals surface area contributed by atoms with Crippen LogP contribution < -0.4 is 21.3 Å². The first kappa shape index (κ1) is 80.1. The molecule has 8 fully saturated rings. The lowest BCUT2D eigenvalue weighted by molar-refractivity contribution is -0.162. The molecular weight excluding hydrogens is 1310 g/mol. The minimum Gasteiger partial charge on any atom is -0.343 e. The summed E-state index contributed by atoms with van der Waals surface area (Å²) >= 11 is 0. The number of carbonyl (C=O) groups excluding carboxylic acids is 12. The second-order valence-electron chi connectivity index (χ2n) is 31.5. The standard InChI is InChI=1S/C73H118F3N13O12/c1-12-46(4)60-69(99)82(7)47(5)64(94)89-39-33-53(89)67(97)84(9)55(41-48-24-15-13-16-25-48)66(96)81(6)44-58(90)78-51(31-29-49-30-32-57(77-43-49)73(74,75)76)65(95)88-38-23-28-52(88)63(93)80-72(34-19-20-35-72)71(101)86(11)61(50-26-17-18-27-50)70(100)85(10)56(68(98)87-36-21-14-22-37-87)42-59(91)83(8)54(40-45(2)3)62(92)79-60/h45-57,60-61,77H,12-44H2,1-11H3,(H,78,90)(H,79,92)(H,80,93)/t46-,47-,49?,51-,52-,53-,54-,55-,56-,57?,60-,61-/m0/s1. The summed E-state index contributed by atoms with van der Waals surface area (Å²) < 4.78 is 41.4. The van der Waals surface area contributed by atoms with E-state index in [0.717, 1.165) is 51.4 Å². The van der Waals surface area contributed by atoms with Crippen LogP contribution in [0.25, 0.3) is 0 Å². The fraction of sp³-hybridized carbons (Fsp3) is 0.836. The van der Waals surface area contributed by atoms with Gasteiger partial charge in [0.05, 0.1) is 13.0 Å². The molecule has 0 aromatic heterocycles. The fourth-order valence-electron chi connectivity index (χ4n) is 17.2. The second-order valence-corrected chi connectivity index (χ2v) is 31.5. The van der Waals surface area contributed by atoms with Crippen molar-refractivity contribution < 1.29 is 70.7 Å². The molecule has 8 aliphatic rings. The van der Waals surface area contributed by atoms with Gasteiger partial charge in [-0.05, 0) is 146 Å². The third kappa shape index (κ3) is 19.0. The molecule has 5 saturated heterocycles. The Morgan fingerprint density at radius 2 is 1.21 bits per heavy atom. The van der Waals surface area contributed by atoms with E-state index in [9.17, 15) is 37.1 Å². The highest BCUT2D eigenvalue weighted by Gasteiger charge is 2.53. The third-order valence-electron chi connectivity index (χ3n) is 24.1. The van der Waals surface area contributed by atoms with Gasteiger partial charge in [0.25, 0.3) is 0 Å². The van der Waals surface area contributed by atoms with Crippen molar-refractivity contribution in [2.24, 2.45) is 29.6 Å². The Morgan fingerprint density at radius 3 is 1.80 bits per heavy atom. The van der Waals surface area contributed by atoms with Crippen LogP contribution in [0.4, 0.5) is 13.2 Å². The molecule has 101 heavy (non-hydrogen) atoms. The topological polar surface area (TPSA) is 282 Å². The molecule has 3 aliphatic carbocycles. The molecule has 25 nitrogen and oxygen atoms in total. The quantitative estimate of drug-likeness (QED) is 0.213. The number of likely N-dealkylation sites (N-methyl/N-ethyl adjacent to an activating group) is 6. The molecule has 0 aromatic rings. The van der Waals surface area contributed by atoms with Gasteiger partial charge in [-0.3, -0.25) is 57.5 Å². The Bertz CT molecular complexity index is 2960. The van der Waals surface area contributed by atoms with E-state index in [-0.39, 0.29) is 108 Å². The molecule has 5 aliphatic heterocycles. The molecule has 1 spiro atoms. The number of hydrogen-bond donors (Lipinski definition) is 4. The number of likely N-dealkylation sites (tertiary alicyclic amines) is 1. The summed E-state index contributed by atoms with van der Waals surface area (Å²) in [4.78, 5) is 193. The molecule has 4 N–H and O–H groups in total. The normalized spacial score (nSPS) is 31.0. The summed E-state index contributed by atoms with van der Waals surface area (Å²) in [5.74, 6) is -8.38. The molecule has 3 saturated carbocycles. The molecule has 2 unspecified atom stereocenters. The monoisotopic (exact) mass is 1430 g/mol. The molecule has 5 heterocycles. The number of alkyl halides is 3. The Labute approximate surface area is 595 Å². The summed E-state index contributed by atoms with van der Waals surface area (Å²) in [6.07, 6.45) is 7.69. The zero-order valence-electron chi connectivity index (χ0n) is 62.1. The first-order valence-corrected chi connectivity index (χ1v) is 38.0. The van der Waals surface area contributed by atoms with E-state index in [2.05, 4.69) is 21.3 Å². The number of nitrogens with one attached hydrogen (secondary N) is 4. The Morgan fingerprint density at radius 1 is 0.574 bits per heavy atom. The number of rotatable bonds is 11. The Kier molecular flexibility index (Phi) is 27.9. The zero-order chi connectivity index (χ0) is 73.9. The van der Waals surface area contributed by atoms with Crippen molar-refractivity contribution in [3.8, 4) is 0 Å². The van der Waals surface area contributed by atoms with Crippen LogP contribution in [0.1, 0.15) is 208 Å². The van der Waals surface area contributed by atoms with E-state index in [1.165, 1.54) is 88.4 Å². The summed E-state index contributed by atoms with van der Waals surface area (Å²) in [5, 5.41) is 11.5. The number of amides is 12. The minimum absolute atomic E-state index is 0.00341. The Balaban J connectivity index is 1.16. The van der Waals surface area contributed by atoms with Gasteiger partial charge in [-0.2, -0.15) is 13.2 Å². The zero-order valence-corrected chi connectivity index (χ0v) is 62.1. The van der Waals surface area contributed by atoms with Crippen molar-refractivity contribution in [1.82, 2.24) is 65.4 Å². The average Bonchev–Trinajstić information content (AvgIpc) is 1.75. The maximum atomic E-state index is 15.7. The molecule has 0 radical (unpaired) electrons. The summed E-state index contributed by atoms with van der Waals surface area (Å²) in [6.45, 7) is 9.42. The van der Waals surface area contributed by atoms with Crippen LogP contribution in [0.15, 0.2) is 0 Å². The predicted molar refractivity (Wildman–Crippen MR) is 371 cm³/mol. The molecular formula is C73H118F3N13O12. The van der Waals surface area contributed by atoms with Crippen molar-refractivity contribution in [2.75, 3.05) is 81.6 Å². The van der Waals surface area contributed by atoms with Crippen molar-refractivity contribution in [1.29, 1.82) is 0 Å². The van der Waals surface area contributed by atoms with Crippen LogP contribution in [0.5, 0.6) is 0 Å². The van der Waals surface area contributed by atoms with Gasteiger partial charge in [0, 0.05) is 68.5 Å². The van der Waals surface area contributed by atoms with Crippen LogP contribution in [0.3, 0.4) is 0 Å². The van der Waals surface area contributed by atoms with Gasteiger partial charge >= 0.3 is 6.18 Å². The minimum atomic E-state index is -4.46. The average molecular weight is 1430 g/mol. The number of nitrogens with zero attached hydrogens (tertiary/aromatic N) is 9. The highest BCUT2D eigenvalue weighted by molar-refractivity contribution is 6.01. The van der Waals surface area contributed by atoms with Gasteiger partial charge in [0.15, 0.2) is 0 Å². The molecule has 0 aromatic carbocycles. The lowest BCUT2D eigenvalue weighted by Crippen LogP contribution is -2.65. The van der Waals surface area contributed by atoms with Crippen LogP contribution in [-0.2, 0) is 57.5 Å². The molecule has 12 amide bonds. The first-order valence-electron chi connectivity index (χ1n) is 38.0. The van der Waals surface area contributed by atoms with Gasteiger partial charge in [-0.15, -0.1) is 0 Å². The van der Waals surface area contributed by atoms with Crippen molar-refractivity contribution in [2.45, 2.75) is 280 Å². The van der Waals surface area contributed by atoms with E-state index in [0.29, 0.717) is 64.5 Å². The second kappa shape index (κ2) is 35.2.